The Morgan fingerprint density at radius 2 is 2.00 bits per heavy atom. The smallest absolute Gasteiger partial charge is 0.230 e. The normalized spacial score (nSPS) is 20.5. The Balaban J connectivity index is 1.63. The molecule has 1 aliphatic rings. The molecule has 0 saturated carbocycles. The van der Waals surface area contributed by atoms with Gasteiger partial charge in [-0.15, -0.1) is 0 Å². The molecular weight excluding hydrogens is 447 g/mol. The maximum atomic E-state index is 13.5. The molecule has 0 radical (unpaired) electrons. The fourth-order valence-electron chi connectivity index (χ4n) is 3.38. The van der Waals surface area contributed by atoms with Crippen molar-refractivity contribution in [3.63, 3.8) is 0 Å². The number of ether oxygens (including phenoxy) is 2. The lowest BCUT2D eigenvalue weighted by atomic mass is 9.91. The molecule has 33 heavy (non-hydrogen) atoms. The third-order valence-corrected chi connectivity index (χ3v) is 5.78. The minimum Gasteiger partial charge on any atom is -0.354 e. The van der Waals surface area contributed by atoms with Gasteiger partial charge in [-0.05, 0) is 43.5 Å². The zero-order chi connectivity index (χ0) is 23.4. The minimum absolute atomic E-state index is 0.153. The van der Waals surface area contributed by atoms with Gasteiger partial charge in [0.2, 0.25) is 12.2 Å². The highest BCUT2D eigenvalue weighted by Crippen LogP contribution is 2.35. The van der Waals surface area contributed by atoms with Crippen molar-refractivity contribution >= 4 is 17.7 Å². The van der Waals surface area contributed by atoms with Crippen LogP contribution in [0.4, 0.5) is 4.39 Å². The zero-order valence-corrected chi connectivity index (χ0v) is 19.1. The third kappa shape index (κ3) is 5.06. The lowest BCUT2D eigenvalue weighted by Crippen LogP contribution is -2.49. The Kier molecular flexibility index (Phi) is 7.03. The lowest BCUT2D eigenvalue weighted by molar-refractivity contribution is -0.231. The van der Waals surface area contributed by atoms with E-state index in [9.17, 15) is 9.18 Å². The van der Waals surface area contributed by atoms with Gasteiger partial charge in [0.05, 0.1) is 35.7 Å². The number of hydrogen-bond acceptors (Lipinski definition) is 8. The summed E-state index contributed by atoms with van der Waals surface area (Å²) in [6, 6.07) is 7.82. The van der Waals surface area contributed by atoms with Gasteiger partial charge in [0, 0.05) is 24.8 Å². The number of aromatic nitrogens is 4. The molecule has 4 rings (SSSR count). The summed E-state index contributed by atoms with van der Waals surface area (Å²) in [5.41, 5.74) is 7.19. The average Bonchev–Trinajstić information content (AvgIpc) is 3.29. The fourth-order valence-corrected chi connectivity index (χ4v) is 3.74. The molecule has 0 aliphatic carbocycles. The van der Waals surface area contributed by atoms with Crippen LogP contribution in [-0.4, -0.2) is 58.4 Å². The van der Waals surface area contributed by atoms with Gasteiger partial charge < -0.3 is 25.5 Å². The van der Waals surface area contributed by atoms with Crippen LogP contribution >= 0.6 is 11.8 Å². The molecule has 1 amide bonds. The number of carbonyl (C=O) groups is 1. The second kappa shape index (κ2) is 9.96. The van der Waals surface area contributed by atoms with Crippen LogP contribution in [0.25, 0.3) is 22.6 Å². The molecule has 11 heteroatoms. The van der Waals surface area contributed by atoms with Crippen LogP contribution in [0.2, 0.25) is 0 Å². The predicted octanol–water partition coefficient (Wildman–Crippen LogP) is 2.52. The summed E-state index contributed by atoms with van der Waals surface area (Å²) in [7, 11) is 0. The van der Waals surface area contributed by atoms with E-state index < -0.39 is 11.7 Å². The second-order valence-corrected chi connectivity index (χ2v) is 8.61. The Labute approximate surface area is 194 Å². The van der Waals surface area contributed by atoms with E-state index in [0.717, 1.165) is 0 Å². The van der Waals surface area contributed by atoms with Gasteiger partial charge in [0.1, 0.15) is 5.82 Å². The summed E-state index contributed by atoms with van der Waals surface area (Å²) in [6.45, 7) is 2.82. The van der Waals surface area contributed by atoms with E-state index in [-0.39, 0.29) is 24.9 Å². The summed E-state index contributed by atoms with van der Waals surface area (Å²) >= 11 is 1.42. The van der Waals surface area contributed by atoms with Gasteiger partial charge in [0.25, 0.3) is 0 Å². The van der Waals surface area contributed by atoms with Crippen molar-refractivity contribution in [2.24, 2.45) is 11.1 Å². The Bertz CT molecular complexity index is 1120. The van der Waals surface area contributed by atoms with Crippen LogP contribution in [-0.2, 0) is 14.3 Å². The standard InChI is InChI=1S/C22H25FN6O3S/c1-22(20(30)25-10-8-24)11-31-19(32-12-22)18-28-16(13-3-5-14(23)6-4-13)17(29-18)15-7-9-26-21(27-15)33-2/h3-7,9,19H,8,10-12,24H2,1-2H3,(H,25,30)(H,28,29). The first-order valence-corrected chi connectivity index (χ1v) is 11.6. The van der Waals surface area contributed by atoms with Crippen molar-refractivity contribution in [2.75, 3.05) is 32.6 Å². The number of nitrogens with zero attached hydrogens (tertiary/aromatic N) is 3. The quantitative estimate of drug-likeness (QED) is 0.354. The monoisotopic (exact) mass is 472 g/mol. The van der Waals surface area contributed by atoms with Crippen molar-refractivity contribution in [3.8, 4) is 22.6 Å². The van der Waals surface area contributed by atoms with Crippen LogP contribution in [0.5, 0.6) is 0 Å². The van der Waals surface area contributed by atoms with E-state index in [1.807, 2.05) is 6.26 Å². The number of hydrogen-bond donors (Lipinski definition) is 3. The Hall–Kier alpha value is -2.86. The molecule has 0 unspecified atom stereocenters. The van der Waals surface area contributed by atoms with Gasteiger partial charge in [0.15, 0.2) is 11.0 Å². The molecule has 0 spiro atoms. The first kappa shape index (κ1) is 23.3. The van der Waals surface area contributed by atoms with Crippen molar-refractivity contribution in [1.29, 1.82) is 0 Å². The van der Waals surface area contributed by atoms with Gasteiger partial charge in [-0.3, -0.25) is 4.79 Å². The van der Waals surface area contributed by atoms with E-state index >= 15 is 0 Å². The largest absolute Gasteiger partial charge is 0.354 e. The molecule has 0 atom stereocenters. The highest BCUT2D eigenvalue weighted by atomic mass is 32.2. The highest BCUT2D eigenvalue weighted by molar-refractivity contribution is 7.98. The van der Waals surface area contributed by atoms with E-state index in [1.165, 1.54) is 23.9 Å². The van der Waals surface area contributed by atoms with Gasteiger partial charge in [-0.1, -0.05) is 11.8 Å². The molecule has 1 saturated heterocycles. The molecule has 9 nitrogen and oxygen atoms in total. The van der Waals surface area contributed by atoms with Gasteiger partial charge >= 0.3 is 0 Å². The number of rotatable bonds is 7. The molecule has 3 aromatic rings. The van der Waals surface area contributed by atoms with Crippen LogP contribution in [0.15, 0.2) is 41.7 Å². The number of nitrogens with one attached hydrogen (secondary N) is 2. The van der Waals surface area contributed by atoms with Gasteiger partial charge in [-0.2, -0.15) is 0 Å². The van der Waals surface area contributed by atoms with Crippen molar-refractivity contribution < 1.29 is 18.7 Å². The van der Waals surface area contributed by atoms with Crippen LogP contribution < -0.4 is 11.1 Å². The van der Waals surface area contributed by atoms with Crippen molar-refractivity contribution in [2.45, 2.75) is 18.4 Å². The predicted molar refractivity (Wildman–Crippen MR) is 122 cm³/mol. The second-order valence-electron chi connectivity index (χ2n) is 7.84. The summed E-state index contributed by atoms with van der Waals surface area (Å²) < 4.78 is 25.3. The van der Waals surface area contributed by atoms with Crippen molar-refractivity contribution in [3.05, 3.63) is 48.2 Å². The molecule has 1 aromatic carbocycles. The molecule has 3 heterocycles. The molecule has 1 aliphatic heterocycles. The number of benzene rings is 1. The van der Waals surface area contributed by atoms with E-state index in [0.29, 0.717) is 46.7 Å². The van der Waals surface area contributed by atoms with E-state index in [1.54, 1.807) is 31.3 Å². The molecule has 0 bridgehead atoms. The maximum Gasteiger partial charge on any atom is 0.230 e. The fraction of sp³-hybridized carbons (Fsp3) is 0.364. The zero-order valence-electron chi connectivity index (χ0n) is 18.3. The number of imidazole rings is 1. The summed E-state index contributed by atoms with van der Waals surface area (Å²) in [6.07, 6.45) is 2.76. The minimum atomic E-state index is -0.833. The highest BCUT2D eigenvalue weighted by Gasteiger charge is 2.40. The maximum absolute atomic E-state index is 13.5. The topological polar surface area (TPSA) is 128 Å². The third-order valence-electron chi connectivity index (χ3n) is 5.22. The van der Waals surface area contributed by atoms with Crippen LogP contribution in [0.1, 0.15) is 19.0 Å². The number of halogens is 1. The summed E-state index contributed by atoms with van der Waals surface area (Å²) in [5.74, 6) is -0.0870. The summed E-state index contributed by atoms with van der Waals surface area (Å²) in [5, 5.41) is 3.38. The lowest BCUT2D eigenvalue weighted by Gasteiger charge is -2.35. The number of amides is 1. The summed E-state index contributed by atoms with van der Waals surface area (Å²) in [4.78, 5) is 29.2. The van der Waals surface area contributed by atoms with Crippen molar-refractivity contribution in [1.82, 2.24) is 25.3 Å². The molecule has 4 N–H and O–H groups in total. The number of carbonyl (C=O) groups excluding carboxylic acids is 1. The SMILES string of the molecule is CSc1nccc(-c2[nH]c(C3OCC(C)(C(=O)NCCN)CO3)nc2-c2ccc(F)cc2)n1. The van der Waals surface area contributed by atoms with E-state index in [2.05, 4.69) is 20.3 Å². The number of H-pyrrole nitrogens is 1. The molecule has 1 fully saturated rings. The molecule has 174 valence electrons. The molecule has 2 aromatic heterocycles. The average molecular weight is 473 g/mol. The van der Waals surface area contributed by atoms with Gasteiger partial charge in [-0.25, -0.2) is 19.3 Å². The van der Waals surface area contributed by atoms with Crippen LogP contribution in [0, 0.1) is 11.2 Å². The first-order chi connectivity index (χ1) is 15.9. The first-order valence-electron chi connectivity index (χ1n) is 10.4. The Morgan fingerprint density at radius 1 is 1.27 bits per heavy atom. The molecular formula is C22H25FN6O3S. The number of aromatic amines is 1. The number of thioether (sulfide) groups is 1. The van der Waals surface area contributed by atoms with Crippen LogP contribution in [0.3, 0.4) is 0 Å². The number of nitrogens with two attached hydrogens (primary N) is 1. The van der Waals surface area contributed by atoms with E-state index in [4.69, 9.17) is 20.2 Å². The Morgan fingerprint density at radius 3 is 2.67 bits per heavy atom.